The summed E-state index contributed by atoms with van der Waals surface area (Å²) in [6.45, 7) is 1.53. The minimum absolute atomic E-state index is 0.00644. The van der Waals surface area contributed by atoms with Crippen LogP contribution in [0.5, 0.6) is 5.75 Å². The number of esters is 1. The molecule has 0 unspecified atom stereocenters. The van der Waals surface area contributed by atoms with E-state index in [9.17, 15) is 19.7 Å². The van der Waals surface area contributed by atoms with Crippen molar-refractivity contribution in [3.63, 3.8) is 0 Å². The molecule has 1 atom stereocenters. The first-order valence-electron chi connectivity index (χ1n) is 10.1. The minimum Gasteiger partial charge on any atom is -0.490 e. The third kappa shape index (κ3) is 3.80. The summed E-state index contributed by atoms with van der Waals surface area (Å²) in [5.74, 6) is 1.06. The van der Waals surface area contributed by atoms with E-state index in [2.05, 4.69) is 5.32 Å². The van der Waals surface area contributed by atoms with E-state index in [-0.39, 0.29) is 28.4 Å². The number of ether oxygens (including phenoxy) is 2. The number of nitrogens with one attached hydrogen (secondary N) is 1. The van der Waals surface area contributed by atoms with Crippen molar-refractivity contribution in [1.29, 1.82) is 0 Å². The Bertz CT molecular complexity index is 816. The molecule has 1 aromatic carbocycles. The molecule has 1 amide bonds. The lowest BCUT2D eigenvalue weighted by Crippen LogP contribution is -2.61. The monoisotopic (exact) mass is 402 g/mol. The molecule has 0 saturated heterocycles. The highest BCUT2D eigenvalue weighted by atomic mass is 16.6. The van der Waals surface area contributed by atoms with E-state index in [4.69, 9.17) is 9.47 Å². The van der Waals surface area contributed by atoms with Crippen molar-refractivity contribution in [1.82, 2.24) is 5.32 Å². The van der Waals surface area contributed by atoms with Gasteiger partial charge in [-0.3, -0.25) is 14.9 Å². The molecule has 8 nitrogen and oxygen atoms in total. The molecule has 4 bridgehead atoms. The second kappa shape index (κ2) is 7.31. The summed E-state index contributed by atoms with van der Waals surface area (Å²) < 4.78 is 10.2. The number of methoxy groups -OCH3 is 1. The number of carbonyl (C=O) groups excluding carboxylic acids is 2. The van der Waals surface area contributed by atoms with Gasteiger partial charge in [0.15, 0.2) is 11.9 Å². The SMILES string of the molecule is COc1ccc(C(=O)O[C@@H](C)C(=O)NC23CC4CC(CC(C4)C2)C3)cc1[N+](=O)[O-]. The molecule has 156 valence electrons. The molecule has 1 aromatic rings. The maximum atomic E-state index is 12.8. The third-order valence-electron chi connectivity index (χ3n) is 6.69. The van der Waals surface area contributed by atoms with Gasteiger partial charge >= 0.3 is 11.7 Å². The van der Waals surface area contributed by atoms with Gasteiger partial charge in [-0.25, -0.2) is 4.79 Å². The Hall–Kier alpha value is -2.64. The summed E-state index contributed by atoms with van der Waals surface area (Å²) in [5.41, 5.74) is -0.481. The first kappa shape index (κ1) is 19.7. The number of nitrogens with zero attached hydrogens (tertiary/aromatic N) is 1. The molecule has 5 rings (SSSR count). The smallest absolute Gasteiger partial charge is 0.339 e. The molecule has 0 heterocycles. The average molecular weight is 402 g/mol. The van der Waals surface area contributed by atoms with Crippen LogP contribution in [-0.4, -0.2) is 35.6 Å². The number of hydrogen-bond donors (Lipinski definition) is 1. The molecule has 8 heteroatoms. The second-order valence-electron chi connectivity index (χ2n) is 8.88. The predicted molar refractivity (Wildman–Crippen MR) is 104 cm³/mol. The quantitative estimate of drug-likeness (QED) is 0.445. The van der Waals surface area contributed by atoms with E-state index >= 15 is 0 Å². The minimum atomic E-state index is -0.975. The lowest BCUT2D eigenvalue weighted by atomic mass is 9.53. The Morgan fingerprint density at radius 2 is 1.76 bits per heavy atom. The lowest BCUT2D eigenvalue weighted by molar-refractivity contribution is -0.385. The Morgan fingerprint density at radius 3 is 2.28 bits per heavy atom. The van der Waals surface area contributed by atoms with Crippen LogP contribution in [-0.2, 0) is 9.53 Å². The van der Waals surface area contributed by atoms with E-state index in [0.717, 1.165) is 25.3 Å². The van der Waals surface area contributed by atoms with Gasteiger partial charge < -0.3 is 14.8 Å². The fourth-order valence-corrected chi connectivity index (χ4v) is 5.87. The maximum Gasteiger partial charge on any atom is 0.339 e. The van der Waals surface area contributed by atoms with E-state index in [1.54, 1.807) is 0 Å². The summed E-state index contributed by atoms with van der Waals surface area (Å²) in [5, 5.41) is 14.3. The highest BCUT2D eigenvalue weighted by Crippen LogP contribution is 2.55. The number of benzene rings is 1. The van der Waals surface area contributed by atoms with E-state index < -0.39 is 17.0 Å². The molecule has 4 aliphatic rings. The third-order valence-corrected chi connectivity index (χ3v) is 6.69. The molecular formula is C21H26N2O6. The van der Waals surface area contributed by atoms with Crippen LogP contribution in [0.1, 0.15) is 55.8 Å². The van der Waals surface area contributed by atoms with Crippen molar-refractivity contribution in [2.45, 2.75) is 57.1 Å². The Kier molecular flexibility index (Phi) is 4.96. The zero-order valence-electron chi connectivity index (χ0n) is 16.7. The van der Waals surface area contributed by atoms with Crippen LogP contribution in [0, 0.1) is 27.9 Å². The van der Waals surface area contributed by atoms with Gasteiger partial charge in [-0.1, -0.05) is 0 Å². The number of carbonyl (C=O) groups is 2. The fraction of sp³-hybridized carbons (Fsp3) is 0.619. The van der Waals surface area contributed by atoms with Gasteiger partial charge in [0, 0.05) is 11.6 Å². The number of hydrogen-bond acceptors (Lipinski definition) is 6. The van der Waals surface area contributed by atoms with Crippen LogP contribution in [0.15, 0.2) is 18.2 Å². The summed E-state index contributed by atoms with van der Waals surface area (Å²) >= 11 is 0. The number of nitro benzene ring substituents is 1. The summed E-state index contributed by atoms with van der Waals surface area (Å²) in [6.07, 6.45) is 5.88. The topological polar surface area (TPSA) is 108 Å². The first-order valence-corrected chi connectivity index (χ1v) is 10.1. The first-order chi connectivity index (χ1) is 13.8. The van der Waals surface area contributed by atoms with Crippen LogP contribution in [0.25, 0.3) is 0 Å². The molecule has 4 fully saturated rings. The molecule has 0 radical (unpaired) electrons. The fourth-order valence-electron chi connectivity index (χ4n) is 5.87. The van der Waals surface area contributed by atoms with Crippen LogP contribution in [0.2, 0.25) is 0 Å². The van der Waals surface area contributed by atoms with E-state index in [1.807, 2.05) is 0 Å². The lowest BCUT2D eigenvalue weighted by Gasteiger charge is -2.57. The molecular weight excluding hydrogens is 376 g/mol. The number of rotatable bonds is 6. The van der Waals surface area contributed by atoms with Crippen LogP contribution in [0.3, 0.4) is 0 Å². The van der Waals surface area contributed by atoms with Crippen LogP contribution >= 0.6 is 0 Å². The Labute approximate surface area is 169 Å². The van der Waals surface area contributed by atoms with Gasteiger partial charge in [0.1, 0.15) is 0 Å². The van der Waals surface area contributed by atoms with Gasteiger partial charge in [0.05, 0.1) is 17.6 Å². The van der Waals surface area contributed by atoms with Crippen molar-refractivity contribution >= 4 is 17.6 Å². The predicted octanol–water partition coefficient (Wildman–Crippen LogP) is 3.23. The molecule has 0 spiro atoms. The molecule has 4 aliphatic carbocycles. The van der Waals surface area contributed by atoms with Crippen molar-refractivity contribution in [3.05, 3.63) is 33.9 Å². The second-order valence-corrected chi connectivity index (χ2v) is 8.88. The van der Waals surface area contributed by atoms with E-state index in [0.29, 0.717) is 17.8 Å². The average Bonchev–Trinajstić information content (AvgIpc) is 2.65. The van der Waals surface area contributed by atoms with Crippen LogP contribution < -0.4 is 10.1 Å². The zero-order valence-corrected chi connectivity index (χ0v) is 16.7. The van der Waals surface area contributed by atoms with Gasteiger partial charge in [-0.2, -0.15) is 0 Å². The molecule has 4 saturated carbocycles. The number of amides is 1. The Balaban J connectivity index is 1.41. The van der Waals surface area contributed by atoms with Gasteiger partial charge in [-0.15, -0.1) is 0 Å². The Morgan fingerprint density at radius 1 is 1.17 bits per heavy atom. The van der Waals surface area contributed by atoms with Gasteiger partial charge in [-0.05, 0) is 75.3 Å². The summed E-state index contributed by atoms with van der Waals surface area (Å²) in [4.78, 5) is 35.7. The molecule has 0 aromatic heterocycles. The standard InChI is InChI=1S/C21H26N2O6/c1-12(29-20(25)16-3-4-18(28-2)17(8-16)23(26)27)19(24)22-21-9-13-5-14(10-21)7-15(6-13)11-21/h3-4,8,12-15H,5-7,9-11H2,1-2H3,(H,22,24)/t12-,13?,14?,15?,21?/m0/s1. The number of nitro groups is 1. The molecule has 1 N–H and O–H groups in total. The zero-order chi connectivity index (χ0) is 20.8. The largest absolute Gasteiger partial charge is 0.490 e. The maximum absolute atomic E-state index is 12.8. The van der Waals surface area contributed by atoms with Gasteiger partial charge in [0.25, 0.3) is 5.91 Å². The summed E-state index contributed by atoms with van der Waals surface area (Å²) in [6, 6.07) is 3.83. The summed E-state index contributed by atoms with van der Waals surface area (Å²) in [7, 11) is 1.32. The van der Waals surface area contributed by atoms with E-state index in [1.165, 1.54) is 45.4 Å². The highest BCUT2D eigenvalue weighted by Gasteiger charge is 2.51. The van der Waals surface area contributed by atoms with Crippen molar-refractivity contribution in [2.24, 2.45) is 17.8 Å². The molecule has 0 aliphatic heterocycles. The molecule has 29 heavy (non-hydrogen) atoms. The van der Waals surface area contributed by atoms with Gasteiger partial charge in [0.2, 0.25) is 0 Å². The highest BCUT2D eigenvalue weighted by molar-refractivity contribution is 5.93. The normalized spacial score (nSPS) is 30.5. The van der Waals surface area contributed by atoms with Crippen molar-refractivity contribution in [3.8, 4) is 5.75 Å². The van der Waals surface area contributed by atoms with Crippen molar-refractivity contribution in [2.75, 3.05) is 7.11 Å². The van der Waals surface area contributed by atoms with Crippen LogP contribution in [0.4, 0.5) is 5.69 Å². The van der Waals surface area contributed by atoms with Crippen molar-refractivity contribution < 1.29 is 24.0 Å².